The van der Waals surface area contributed by atoms with Crippen LogP contribution in [0, 0.1) is 10.1 Å². The van der Waals surface area contributed by atoms with E-state index in [-0.39, 0.29) is 11.6 Å². The van der Waals surface area contributed by atoms with Crippen LogP contribution in [0.25, 0.3) is 5.70 Å². The Hall–Kier alpha value is -3.40. The fraction of sp³-hybridized carbons (Fsp3) is 0.286. The lowest BCUT2D eigenvalue weighted by atomic mass is 10.1. The zero-order chi connectivity index (χ0) is 22.0. The predicted molar refractivity (Wildman–Crippen MR) is 118 cm³/mol. The van der Waals surface area contributed by atoms with Crippen molar-refractivity contribution in [3.63, 3.8) is 0 Å². The molecule has 2 aliphatic rings. The molecular weight excluding hydrogens is 418 g/mol. The number of nitrogens with zero attached hydrogens (tertiary/aromatic N) is 4. The van der Waals surface area contributed by atoms with Gasteiger partial charge in [0.15, 0.2) is 11.3 Å². The smallest absolute Gasteiger partial charge is 0.276 e. The minimum Gasteiger partial charge on any atom is -0.493 e. The number of carbonyl (C=O) groups excluding carboxylic acids is 1. The van der Waals surface area contributed by atoms with Gasteiger partial charge in [0.25, 0.3) is 11.6 Å². The average Bonchev–Trinajstić information content (AvgIpc) is 2.77. The van der Waals surface area contributed by atoms with Crippen molar-refractivity contribution in [2.45, 2.75) is 26.4 Å². The highest BCUT2D eigenvalue weighted by Crippen LogP contribution is 2.37. The Morgan fingerprint density at radius 3 is 2.81 bits per heavy atom. The van der Waals surface area contributed by atoms with Crippen LogP contribution in [0.1, 0.15) is 32.0 Å². The van der Waals surface area contributed by atoms with Gasteiger partial charge >= 0.3 is 0 Å². The number of para-hydroxylation sites is 1. The number of rotatable bonds is 6. The van der Waals surface area contributed by atoms with Crippen molar-refractivity contribution in [2.24, 2.45) is 10.1 Å². The fourth-order valence-electron chi connectivity index (χ4n) is 3.43. The minimum atomic E-state index is -0.782. The number of hydrazone groups is 1. The third kappa shape index (κ3) is 3.98. The van der Waals surface area contributed by atoms with Crippen LogP contribution >= 0.6 is 11.8 Å². The Balaban J connectivity index is 1.95. The van der Waals surface area contributed by atoms with Gasteiger partial charge in [0, 0.05) is 22.9 Å². The van der Waals surface area contributed by atoms with E-state index in [9.17, 15) is 14.9 Å². The van der Waals surface area contributed by atoms with E-state index in [0.29, 0.717) is 39.4 Å². The summed E-state index contributed by atoms with van der Waals surface area (Å²) in [5.41, 5.74) is 0.751. The number of nitro groups is 1. The minimum absolute atomic E-state index is 0.0805. The van der Waals surface area contributed by atoms with Crippen LogP contribution in [0.3, 0.4) is 0 Å². The van der Waals surface area contributed by atoms with E-state index in [4.69, 9.17) is 9.73 Å². The zero-order valence-corrected chi connectivity index (χ0v) is 17.9. The van der Waals surface area contributed by atoms with Crippen LogP contribution in [0.2, 0.25) is 0 Å². The molecule has 1 N–H and O–H groups in total. The summed E-state index contributed by atoms with van der Waals surface area (Å²) in [6, 6.07) is 11.7. The monoisotopic (exact) mass is 439 g/mol. The number of non-ortho nitro benzene ring substituents is 1. The Morgan fingerprint density at radius 1 is 1.26 bits per heavy atom. The highest BCUT2D eigenvalue weighted by atomic mass is 32.2. The van der Waals surface area contributed by atoms with Gasteiger partial charge in [-0.25, -0.2) is 5.01 Å². The molecule has 1 amide bonds. The van der Waals surface area contributed by atoms with Gasteiger partial charge in [-0.1, -0.05) is 43.8 Å². The molecule has 2 heterocycles. The predicted octanol–water partition coefficient (Wildman–Crippen LogP) is 2.28. The van der Waals surface area contributed by atoms with Crippen LogP contribution in [0.15, 0.2) is 52.6 Å². The second-order valence-electron chi connectivity index (χ2n) is 6.83. The number of amidine groups is 1. The number of nitro benzene ring substituents is 1. The van der Waals surface area contributed by atoms with Gasteiger partial charge in [0.05, 0.1) is 16.9 Å². The lowest BCUT2D eigenvalue weighted by molar-refractivity contribution is -0.385. The number of nitrogens with one attached hydrogen (secondary N) is 1. The van der Waals surface area contributed by atoms with E-state index < -0.39 is 11.1 Å². The molecule has 10 heteroatoms. The molecule has 2 aliphatic heterocycles. The molecule has 4 rings (SSSR count). The maximum atomic E-state index is 13.0. The van der Waals surface area contributed by atoms with Crippen molar-refractivity contribution in [3.05, 3.63) is 68.7 Å². The molecular formula is C21H21N5O4S. The number of benzene rings is 2. The number of amides is 1. The SMILES string of the molecule is CCCOc1ccc([N+](=O)[O-])cc1[C@H]1N=c2ccccc2=C2C(=O)NC(SCC)=NN21. The molecule has 0 unspecified atom stereocenters. The van der Waals surface area contributed by atoms with Gasteiger partial charge in [0.2, 0.25) is 0 Å². The Bertz CT molecular complexity index is 1200. The summed E-state index contributed by atoms with van der Waals surface area (Å²) in [7, 11) is 0. The Labute approximate surface area is 182 Å². The summed E-state index contributed by atoms with van der Waals surface area (Å²) in [5, 5.41) is 22.2. The van der Waals surface area contributed by atoms with Crippen molar-refractivity contribution in [1.82, 2.24) is 10.3 Å². The molecule has 0 aromatic heterocycles. The van der Waals surface area contributed by atoms with E-state index in [0.717, 1.165) is 12.2 Å². The third-order valence-corrected chi connectivity index (χ3v) is 5.49. The van der Waals surface area contributed by atoms with Crippen molar-refractivity contribution >= 4 is 34.2 Å². The second kappa shape index (κ2) is 8.76. The van der Waals surface area contributed by atoms with E-state index in [1.807, 2.05) is 38.1 Å². The van der Waals surface area contributed by atoms with Gasteiger partial charge in [-0.3, -0.25) is 25.2 Å². The molecule has 0 aliphatic carbocycles. The number of thioether (sulfide) groups is 1. The molecule has 160 valence electrons. The van der Waals surface area contributed by atoms with E-state index in [1.54, 1.807) is 6.07 Å². The van der Waals surface area contributed by atoms with E-state index in [1.165, 1.54) is 28.9 Å². The first-order valence-corrected chi connectivity index (χ1v) is 10.9. The van der Waals surface area contributed by atoms with Crippen LogP contribution in [0.5, 0.6) is 5.75 Å². The summed E-state index contributed by atoms with van der Waals surface area (Å²) in [6.45, 7) is 4.39. The van der Waals surface area contributed by atoms with E-state index >= 15 is 0 Å². The Morgan fingerprint density at radius 2 is 2.06 bits per heavy atom. The normalized spacial score (nSPS) is 17.2. The van der Waals surface area contributed by atoms with Crippen LogP contribution in [-0.2, 0) is 4.79 Å². The van der Waals surface area contributed by atoms with Gasteiger partial charge in [-0.2, -0.15) is 0 Å². The molecule has 0 fully saturated rings. The molecule has 2 aromatic rings. The van der Waals surface area contributed by atoms with Crippen molar-refractivity contribution in [3.8, 4) is 5.75 Å². The van der Waals surface area contributed by atoms with Crippen LogP contribution in [-0.4, -0.2) is 33.4 Å². The average molecular weight is 439 g/mol. The molecule has 31 heavy (non-hydrogen) atoms. The zero-order valence-electron chi connectivity index (χ0n) is 17.1. The number of ether oxygens (including phenoxy) is 1. The third-order valence-electron chi connectivity index (χ3n) is 4.74. The van der Waals surface area contributed by atoms with Crippen LogP contribution < -0.4 is 20.6 Å². The lowest BCUT2D eigenvalue weighted by Crippen LogP contribution is -2.50. The topological polar surface area (TPSA) is 109 Å². The maximum absolute atomic E-state index is 13.0. The summed E-state index contributed by atoms with van der Waals surface area (Å²) in [6.07, 6.45) is -0.00447. The molecule has 0 saturated carbocycles. The second-order valence-corrected chi connectivity index (χ2v) is 8.09. The standard InChI is InChI=1S/C21H21N5O4S/c1-3-11-30-17-10-9-13(26(28)29)12-15(17)19-22-16-8-6-5-7-14(16)18-20(27)23-21(31-4-2)24-25(18)19/h5-10,12,19H,3-4,11H2,1-2H3,(H,23,24,27)/t19-/m0/s1. The number of hydrogen-bond donors (Lipinski definition) is 1. The summed E-state index contributed by atoms with van der Waals surface area (Å²) in [5.74, 6) is 0.910. The number of hydrogen-bond acceptors (Lipinski definition) is 8. The first-order chi connectivity index (χ1) is 15.0. The van der Waals surface area contributed by atoms with Gasteiger partial charge in [0.1, 0.15) is 11.4 Å². The van der Waals surface area contributed by atoms with Crippen molar-refractivity contribution < 1.29 is 14.5 Å². The van der Waals surface area contributed by atoms with Crippen molar-refractivity contribution in [1.29, 1.82) is 0 Å². The molecule has 0 bridgehead atoms. The molecule has 2 aromatic carbocycles. The first kappa shape index (κ1) is 20.9. The molecule has 1 atom stereocenters. The highest BCUT2D eigenvalue weighted by Gasteiger charge is 2.36. The number of fused-ring (bicyclic) bond motifs is 2. The number of carbonyl (C=O) groups is 1. The van der Waals surface area contributed by atoms with E-state index in [2.05, 4.69) is 10.4 Å². The largest absolute Gasteiger partial charge is 0.493 e. The van der Waals surface area contributed by atoms with Gasteiger partial charge in [-0.05, 0) is 24.3 Å². The molecule has 0 spiro atoms. The Kier molecular flexibility index (Phi) is 5.90. The fourth-order valence-corrected chi connectivity index (χ4v) is 4.01. The summed E-state index contributed by atoms with van der Waals surface area (Å²) in [4.78, 5) is 28.8. The van der Waals surface area contributed by atoms with Gasteiger partial charge in [-0.15, -0.1) is 5.10 Å². The highest BCUT2D eigenvalue weighted by molar-refractivity contribution is 8.13. The molecule has 9 nitrogen and oxygen atoms in total. The summed E-state index contributed by atoms with van der Waals surface area (Å²) < 4.78 is 5.87. The quantitative estimate of drug-likeness (QED) is 0.546. The first-order valence-electron chi connectivity index (χ1n) is 9.93. The van der Waals surface area contributed by atoms with Crippen LogP contribution in [0.4, 0.5) is 5.69 Å². The maximum Gasteiger partial charge on any atom is 0.276 e. The molecule has 0 radical (unpaired) electrons. The lowest BCUT2D eigenvalue weighted by Gasteiger charge is -2.34. The summed E-state index contributed by atoms with van der Waals surface area (Å²) >= 11 is 1.40. The van der Waals surface area contributed by atoms with Crippen molar-refractivity contribution in [2.75, 3.05) is 12.4 Å². The van der Waals surface area contributed by atoms with Gasteiger partial charge < -0.3 is 4.74 Å². The molecule has 0 saturated heterocycles.